The first kappa shape index (κ1) is 20.5. The Morgan fingerprint density at radius 2 is 1.97 bits per heavy atom. The van der Waals surface area contributed by atoms with Crippen LogP contribution >= 0.6 is 0 Å². The van der Waals surface area contributed by atoms with Crippen LogP contribution < -0.4 is 4.90 Å². The molecule has 1 aromatic rings. The van der Waals surface area contributed by atoms with Crippen LogP contribution in [0.3, 0.4) is 0 Å². The average Bonchev–Trinajstić information content (AvgIpc) is 2.92. The molecule has 0 bridgehead atoms. The van der Waals surface area contributed by atoms with E-state index in [1.807, 2.05) is 30.1 Å². The van der Waals surface area contributed by atoms with Gasteiger partial charge in [-0.2, -0.15) is 0 Å². The Morgan fingerprint density at radius 1 is 1.17 bits per heavy atom. The molecular formula is C21H34N6O2. The summed E-state index contributed by atoms with van der Waals surface area (Å²) in [6, 6.07) is 0. The number of aromatic nitrogens is 2. The summed E-state index contributed by atoms with van der Waals surface area (Å²) < 4.78 is 6.31. The standard InChI is InChI=1S/C21H34N6O2/c1-24(2)20-22-15-17-5-14-29-21(19(17)23-20)6-10-27(11-7-21)18(28)16-26-9-4-8-25(3)12-13-26/h15H,4-14,16H2,1-3H3. The van der Waals surface area contributed by atoms with Crippen LogP contribution in [0.1, 0.15) is 30.5 Å². The molecule has 0 aromatic carbocycles. The Bertz CT molecular complexity index is 732. The highest BCUT2D eigenvalue weighted by Gasteiger charge is 2.43. The number of ether oxygens (including phenoxy) is 1. The van der Waals surface area contributed by atoms with Crippen LogP contribution in [0.4, 0.5) is 5.95 Å². The quantitative estimate of drug-likeness (QED) is 0.732. The molecule has 0 saturated carbocycles. The van der Waals surface area contributed by atoms with Gasteiger partial charge >= 0.3 is 0 Å². The van der Waals surface area contributed by atoms with E-state index in [1.165, 1.54) is 5.56 Å². The summed E-state index contributed by atoms with van der Waals surface area (Å²) in [5.74, 6) is 0.968. The summed E-state index contributed by atoms with van der Waals surface area (Å²) in [4.78, 5) is 30.8. The normalized spacial score (nSPS) is 22.9. The van der Waals surface area contributed by atoms with Gasteiger partial charge in [0.2, 0.25) is 11.9 Å². The van der Waals surface area contributed by atoms with Crippen molar-refractivity contribution in [1.82, 2.24) is 24.7 Å². The van der Waals surface area contributed by atoms with Gasteiger partial charge in [-0.1, -0.05) is 0 Å². The van der Waals surface area contributed by atoms with Gasteiger partial charge in [-0.25, -0.2) is 9.97 Å². The molecule has 4 heterocycles. The molecule has 0 radical (unpaired) electrons. The minimum atomic E-state index is -0.372. The van der Waals surface area contributed by atoms with E-state index in [2.05, 4.69) is 21.8 Å². The largest absolute Gasteiger partial charge is 0.368 e. The molecule has 0 aliphatic carbocycles. The van der Waals surface area contributed by atoms with Crippen molar-refractivity contribution in [1.29, 1.82) is 0 Å². The molecule has 4 rings (SSSR count). The molecule has 0 atom stereocenters. The number of anilines is 1. The summed E-state index contributed by atoms with van der Waals surface area (Å²) >= 11 is 0. The average molecular weight is 403 g/mol. The SMILES string of the molecule is CN1CCCN(CC(=O)N2CCC3(CC2)OCCc2cnc(N(C)C)nc23)CC1. The van der Waals surface area contributed by atoms with Crippen LogP contribution in [0.2, 0.25) is 0 Å². The summed E-state index contributed by atoms with van der Waals surface area (Å²) in [7, 11) is 6.07. The Hall–Kier alpha value is -1.77. The highest BCUT2D eigenvalue weighted by atomic mass is 16.5. The number of carbonyl (C=O) groups is 1. The highest BCUT2D eigenvalue weighted by molar-refractivity contribution is 5.78. The Morgan fingerprint density at radius 3 is 2.72 bits per heavy atom. The molecule has 0 N–H and O–H groups in total. The smallest absolute Gasteiger partial charge is 0.236 e. The first-order valence-corrected chi connectivity index (χ1v) is 10.8. The number of likely N-dealkylation sites (tertiary alicyclic amines) is 1. The van der Waals surface area contributed by atoms with Gasteiger partial charge in [0, 0.05) is 46.5 Å². The molecule has 29 heavy (non-hydrogen) atoms. The lowest BCUT2D eigenvalue weighted by atomic mass is 9.83. The molecular weight excluding hydrogens is 368 g/mol. The maximum Gasteiger partial charge on any atom is 0.236 e. The van der Waals surface area contributed by atoms with E-state index in [-0.39, 0.29) is 11.5 Å². The van der Waals surface area contributed by atoms with Gasteiger partial charge in [-0.3, -0.25) is 9.69 Å². The third-order valence-corrected chi connectivity index (χ3v) is 6.53. The van der Waals surface area contributed by atoms with Crippen LogP contribution in [-0.4, -0.2) is 104 Å². The van der Waals surface area contributed by atoms with Crippen molar-refractivity contribution < 1.29 is 9.53 Å². The number of amides is 1. The Balaban J connectivity index is 1.40. The molecule has 8 nitrogen and oxygen atoms in total. The fraction of sp³-hybridized carbons (Fsp3) is 0.762. The summed E-state index contributed by atoms with van der Waals surface area (Å²) in [6.07, 6.45) is 5.55. The molecule has 3 aliphatic rings. The van der Waals surface area contributed by atoms with E-state index < -0.39 is 0 Å². The molecule has 1 spiro atoms. The minimum absolute atomic E-state index is 0.247. The van der Waals surface area contributed by atoms with Gasteiger partial charge in [0.05, 0.1) is 18.8 Å². The summed E-state index contributed by atoms with van der Waals surface area (Å²) in [6.45, 7) is 6.83. The number of nitrogens with zero attached hydrogens (tertiary/aromatic N) is 6. The van der Waals surface area contributed by atoms with E-state index in [1.54, 1.807) is 0 Å². The number of hydrogen-bond donors (Lipinski definition) is 0. The lowest BCUT2D eigenvalue weighted by Gasteiger charge is -2.44. The number of piperidine rings is 1. The van der Waals surface area contributed by atoms with Gasteiger partial charge in [-0.05, 0) is 51.4 Å². The zero-order chi connectivity index (χ0) is 20.4. The molecule has 160 valence electrons. The first-order valence-electron chi connectivity index (χ1n) is 10.8. The summed E-state index contributed by atoms with van der Waals surface area (Å²) in [5.41, 5.74) is 1.85. The number of rotatable bonds is 3. The third kappa shape index (κ3) is 4.39. The monoisotopic (exact) mass is 402 g/mol. The maximum atomic E-state index is 12.9. The second kappa shape index (κ2) is 8.53. The van der Waals surface area contributed by atoms with Crippen molar-refractivity contribution in [2.45, 2.75) is 31.3 Å². The number of hydrogen-bond acceptors (Lipinski definition) is 7. The van der Waals surface area contributed by atoms with Crippen LogP contribution in [0.5, 0.6) is 0 Å². The van der Waals surface area contributed by atoms with Crippen molar-refractivity contribution in [2.24, 2.45) is 0 Å². The van der Waals surface area contributed by atoms with Crippen molar-refractivity contribution in [3.8, 4) is 0 Å². The third-order valence-electron chi connectivity index (χ3n) is 6.53. The van der Waals surface area contributed by atoms with Crippen molar-refractivity contribution >= 4 is 11.9 Å². The van der Waals surface area contributed by atoms with Crippen molar-refractivity contribution in [3.05, 3.63) is 17.5 Å². The van der Waals surface area contributed by atoms with Crippen LogP contribution in [0.25, 0.3) is 0 Å². The Labute approximate surface area is 173 Å². The molecule has 1 aromatic heterocycles. The topological polar surface area (TPSA) is 65.0 Å². The number of fused-ring (bicyclic) bond motifs is 2. The zero-order valence-electron chi connectivity index (χ0n) is 18.1. The molecule has 3 aliphatic heterocycles. The molecule has 1 amide bonds. The van der Waals surface area contributed by atoms with Gasteiger partial charge in [-0.15, -0.1) is 0 Å². The highest BCUT2D eigenvalue weighted by Crippen LogP contribution is 2.40. The van der Waals surface area contributed by atoms with E-state index in [9.17, 15) is 4.79 Å². The lowest BCUT2D eigenvalue weighted by Crippen LogP contribution is -2.51. The second-order valence-corrected chi connectivity index (χ2v) is 8.84. The lowest BCUT2D eigenvalue weighted by molar-refractivity contribution is -0.142. The van der Waals surface area contributed by atoms with Crippen molar-refractivity contribution in [2.75, 3.05) is 78.5 Å². The van der Waals surface area contributed by atoms with Gasteiger partial charge in [0.1, 0.15) is 5.60 Å². The number of carbonyl (C=O) groups excluding carboxylic acids is 1. The fourth-order valence-corrected chi connectivity index (χ4v) is 4.66. The van der Waals surface area contributed by atoms with E-state index >= 15 is 0 Å². The maximum absolute atomic E-state index is 12.9. The predicted octanol–water partition coefficient (Wildman–Crippen LogP) is 0.571. The van der Waals surface area contributed by atoms with Gasteiger partial charge in [0.15, 0.2) is 0 Å². The zero-order valence-corrected chi connectivity index (χ0v) is 18.1. The van der Waals surface area contributed by atoms with Crippen LogP contribution in [0, 0.1) is 0 Å². The van der Waals surface area contributed by atoms with Crippen molar-refractivity contribution in [3.63, 3.8) is 0 Å². The Kier molecular flexibility index (Phi) is 6.03. The van der Waals surface area contributed by atoms with Crippen LogP contribution in [-0.2, 0) is 21.6 Å². The molecule has 2 saturated heterocycles. The van der Waals surface area contributed by atoms with Gasteiger partial charge in [0.25, 0.3) is 0 Å². The number of likely N-dealkylation sites (N-methyl/N-ethyl adjacent to an activating group) is 1. The van der Waals surface area contributed by atoms with Gasteiger partial charge < -0.3 is 19.4 Å². The van der Waals surface area contributed by atoms with E-state index in [0.29, 0.717) is 13.2 Å². The molecule has 2 fully saturated rings. The second-order valence-electron chi connectivity index (χ2n) is 8.84. The van der Waals surface area contributed by atoms with E-state index in [0.717, 1.165) is 76.6 Å². The minimum Gasteiger partial charge on any atom is -0.368 e. The molecule has 0 unspecified atom stereocenters. The first-order chi connectivity index (χ1) is 14.0. The van der Waals surface area contributed by atoms with E-state index in [4.69, 9.17) is 9.72 Å². The predicted molar refractivity (Wildman–Crippen MR) is 112 cm³/mol. The fourth-order valence-electron chi connectivity index (χ4n) is 4.66. The summed E-state index contributed by atoms with van der Waals surface area (Å²) in [5, 5.41) is 0. The van der Waals surface area contributed by atoms with Crippen LogP contribution in [0.15, 0.2) is 6.20 Å². The molecule has 8 heteroatoms.